The van der Waals surface area contributed by atoms with Crippen molar-refractivity contribution in [2.75, 3.05) is 33.7 Å². The van der Waals surface area contributed by atoms with E-state index in [-0.39, 0.29) is 5.91 Å². The summed E-state index contributed by atoms with van der Waals surface area (Å²) in [6, 6.07) is 3.64. The Morgan fingerprint density at radius 3 is 3.00 bits per heavy atom. The average Bonchev–Trinajstić information content (AvgIpc) is 3.09. The Bertz CT molecular complexity index is 667. The van der Waals surface area contributed by atoms with Crippen molar-refractivity contribution in [3.8, 4) is 0 Å². The van der Waals surface area contributed by atoms with Crippen molar-refractivity contribution < 1.29 is 4.79 Å². The van der Waals surface area contributed by atoms with E-state index in [2.05, 4.69) is 33.5 Å². The van der Waals surface area contributed by atoms with Gasteiger partial charge in [-0.3, -0.25) is 9.78 Å². The van der Waals surface area contributed by atoms with Crippen LogP contribution in [-0.2, 0) is 6.54 Å². The average molecular weight is 327 g/mol. The van der Waals surface area contributed by atoms with Gasteiger partial charge in [0.2, 0.25) is 0 Å². The number of carbonyl (C=O) groups is 1. The number of likely N-dealkylation sites (N-methyl/N-ethyl adjacent to an activating group) is 1. The van der Waals surface area contributed by atoms with Crippen LogP contribution < -0.4 is 0 Å². The molecule has 3 rings (SSSR count). The number of pyridine rings is 1. The number of nitrogens with zero attached hydrogens (tertiary/aromatic N) is 5. The monoisotopic (exact) mass is 327 g/mol. The third-order valence-electron chi connectivity index (χ3n) is 4.52. The second-order valence-corrected chi connectivity index (χ2v) is 6.61. The number of amides is 1. The van der Waals surface area contributed by atoms with Gasteiger partial charge >= 0.3 is 0 Å². The summed E-state index contributed by atoms with van der Waals surface area (Å²) in [5.74, 6) is 1.47. The van der Waals surface area contributed by atoms with Gasteiger partial charge < -0.3 is 14.4 Å². The highest BCUT2D eigenvalue weighted by Crippen LogP contribution is 2.26. The highest BCUT2D eigenvalue weighted by molar-refractivity contribution is 5.93. The van der Waals surface area contributed by atoms with E-state index in [4.69, 9.17) is 0 Å². The zero-order valence-electron chi connectivity index (χ0n) is 14.4. The van der Waals surface area contributed by atoms with Gasteiger partial charge in [-0.1, -0.05) is 0 Å². The van der Waals surface area contributed by atoms with Gasteiger partial charge in [-0.15, -0.1) is 0 Å². The third-order valence-corrected chi connectivity index (χ3v) is 4.52. The molecule has 3 heterocycles. The Balaban J connectivity index is 1.70. The molecule has 1 atom stereocenters. The maximum absolute atomic E-state index is 12.7. The molecule has 128 valence electrons. The van der Waals surface area contributed by atoms with E-state index in [9.17, 15) is 4.79 Å². The van der Waals surface area contributed by atoms with Crippen molar-refractivity contribution in [2.24, 2.45) is 0 Å². The number of hydrogen-bond acceptors (Lipinski definition) is 4. The predicted octanol–water partition coefficient (Wildman–Crippen LogP) is 1.86. The number of hydrogen-bond donors (Lipinski definition) is 0. The summed E-state index contributed by atoms with van der Waals surface area (Å²) >= 11 is 0. The predicted molar refractivity (Wildman–Crippen MR) is 92.9 cm³/mol. The quantitative estimate of drug-likeness (QED) is 0.841. The molecule has 0 bridgehead atoms. The van der Waals surface area contributed by atoms with Crippen molar-refractivity contribution in [1.29, 1.82) is 0 Å². The van der Waals surface area contributed by atoms with Crippen LogP contribution in [-0.4, -0.2) is 64.0 Å². The van der Waals surface area contributed by atoms with Crippen LogP contribution in [0.1, 0.15) is 34.9 Å². The van der Waals surface area contributed by atoms with E-state index in [1.54, 1.807) is 12.4 Å². The third kappa shape index (κ3) is 3.82. The first-order chi connectivity index (χ1) is 11.6. The largest absolute Gasteiger partial charge is 0.338 e. The zero-order valence-corrected chi connectivity index (χ0v) is 14.4. The molecule has 6 heteroatoms. The molecular formula is C18H25N5O. The Morgan fingerprint density at radius 2 is 2.25 bits per heavy atom. The van der Waals surface area contributed by atoms with Gasteiger partial charge in [0.05, 0.1) is 5.56 Å². The lowest BCUT2D eigenvalue weighted by Crippen LogP contribution is -2.40. The highest BCUT2D eigenvalue weighted by Gasteiger charge is 2.28. The van der Waals surface area contributed by atoms with Crippen molar-refractivity contribution in [2.45, 2.75) is 25.3 Å². The summed E-state index contributed by atoms with van der Waals surface area (Å²) in [6.07, 6.45) is 9.34. The number of likely N-dealkylation sites (tertiary alicyclic amines) is 1. The van der Waals surface area contributed by atoms with Gasteiger partial charge in [-0.25, -0.2) is 4.98 Å². The fourth-order valence-corrected chi connectivity index (χ4v) is 3.22. The Kier molecular flexibility index (Phi) is 5.25. The first kappa shape index (κ1) is 16.6. The van der Waals surface area contributed by atoms with Crippen LogP contribution in [0.25, 0.3) is 0 Å². The minimum absolute atomic E-state index is 0.0687. The summed E-state index contributed by atoms with van der Waals surface area (Å²) in [4.78, 5) is 25.4. The molecule has 0 radical (unpaired) electrons. The molecule has 1 saturated heterocycles. The van der Waals surface area contributed by atoms with Crippen LogP contribution in [0.2, 0.25) is 0 Å². The molecule has 0 spiro atoms. The van der Waals surface area contributed by atoms with E-state index in [0.29, 0.717) is 11.5 Å². The number of imidazole rings is 1. The van der Waals surface area contributed by atoms with Crippen LogP contribution in [0.4, 0.5) is 0 Å². The molecule has 2 aromatic rings. The van der Waals surface area contributed by atoms with Gasteiger partial charge in [-0.2, -0.15) is 0 Å². The van der Waals surface area contributed by atoms with Crippen LogP contribution in [0.15, 0.2) is 36.9 Å². The topological polar surface area (TPSA) is 54.3 Å². The fourth-order valence-electron chi connectivity index (χ4n) is 3.22. The van der Waals surface area contributed by atoms with Gasteiger partial charge in [0, 0.05) is 56.9 Å². The molecule has 0 unspecified atom stereocenters. The Morgan fingerprint density at radius 1 is 1.38 bits per heavy atom. The molecule has 6 nitrogen and oxygen atoms in total. The minimum atomic E-state index is 0.0687. The summed E-state index contributed by atoms with van der Waals surface area (Å²) in [5.41, 5.74) is 0.661. The molecule has 1 aliphatic rings. The van der Waals surface area contributed by atoms with Crippen molar-refractivity contribution >= 4 is 5.91 Å². The smallest absolute Gasteiger partial charge is 0.255 e. The highest BCUT2D eigenvalue weighted by atomic mass is 16.2. The lowest BCUT2D eigenvalue weighted by molar-refractivity contribution is 0.0702. The summed E-state index contributed by atoms with van der Waals surface area (Å²) < 4.78 is 2.22. The van der Waals surface area contributed by atoms with E-state index in [1.807, 2.05) is 29.4 Å². The van der Waals surface area contributed by atoms with Crippen molar-refractivity contribution in [1.82, 2.24) is 24.3 Å². The lowest BCUT2D eigenvalue weighted by Gasteiger charge is -2.32. The SMILES string of the molecule is CN(C)CCn1ccnc1[C@@H]1CCCN(C(=O)c2cccnc2)C1. The van der Waals surface area contributed by atoms with Gasteiger partial charge in [-0.05, 0) is 39.1 Å². The summed E-state index contributed by atoms with van der Waals surface area (Å²) in [7, 11) is 4.15. The molecule has 0 saturated carbocycles. The molecule has 0 aliphatic carbocycles. The van der Waals surface area contributed by atoms with Gasteiger partial charge in [0.15, 0.2) is 0 Å². The van der Waals surface area contributed by atoms with E-state index < -0.39 is 0 Å². The van der Waals surface area contributed by atoms with Crippen LogP contribution in [0.5, 0.6) is 0 Å². The zero-order chi connectivity index (χ0) is 16.9. The number of rotatable bonds is 5. The standard InChI is InChI=1S/C18H25N5O/c1-21(2)11-12-22-10-8-20-17(22)16-6-4-9-23(14-16)18(24)15-5-3-7-19-13-15/h3,5,7-8,10,13,16H,4,6,9,11-12,14H2,1-2H3/t16-/m1/s1. The Labute approximate surface area is 143 Å². The second kappa shape index (κ2) is 7.57. The maximum atomic E-state index is 12.7. The first-order valence-corrected chi connectivity index (χ1v) is 8.50. The van der Waals surface area contributed by atoms with E-state index in [1.165, 1.54) is 0 Å². The Hall–Kier alpha value is -2.21. The van der Waals surface area contributed by atoms with Crippen LogP contribution >= 0.6 is 0 Å². The molecule has 24 heavy (non-hydrogen) atoms. The molecule has 1 amide bonds. The maximum Gasteiger partial charge on any atom is 0.255 e. The molecule has 0 N–H and O–H groups in total. The molecule has 1 aliphatic heterocycles. The van der Waals surface area contributed by atoms with Crippen molar-refractivity contribution in [3.63, 3.8) is 0 Å². The van der Waals surface area contributed by atoms with Crippen molar-refractivity contribution in [3.05, 3.63) is 48.3 Å². The van der Waals surface area contributed by atoms with E-state index in [0.717, 1.165) is 44.8 Å². The first-order valence-electron chi connectivity index (χ1n) is 8.50. The van der Waals surface area contributed by atoms with Crippen LogP contribution in [0.3, 0.4) is 0 Å². The molecule has 0 aromatic carbocycles. The van der Waals surface area contributed by atoms with Gasteiger partial charge in [0.25, 0.3) is 5.91 Å². The lowest BCUT2D eigenvalue weighted by atomic mass is 9.96. The second-order valence-electron chi connectivity index (χ2n) is 6.61. The molecular weight excluding hydrogens is 302 g/mol. The fraction of sp³-hybridized carbons (Fsp3) is 0.500. The number of carbonyl (C=O) groups excluding carboxylic acids is 1. The summed E-state index contributed by atoms with van der Waals surface area (Å²) in [6.45, 7) is 3.44. The molecule has 1 fully saturated rings. The summed E-state index contributed by atoms with van der Waals surface area (Å²) in [5, 5.41) is 0. The van der Waals surface area contributed by atoms with E-state index >= 15 is 0 Å². The number of aromatic nitrogens is 3. The van der Waals surface area contributed by atoms with Crippen LogP contribution in [0, 0.1) is 0 Å². The minimum Gasteiger partial charge on any atom is -0.338 e. The normalized spacial score (nSPS) is 18.1. The van der Waals surface area contributed by atoms with Gasteiger partial charge in [0.1, 0.15) is 5.82 Å². The molecule has 2 aromatic heterocycles. The number of piperidine rings is 1.